The molecule has 5 heteroatoms. The summed E-state index contributed by atoms with van der Waals surface area (Å²) in [6.45, 7) is 1.54. The van der Waals surface area contributed by atoms with Crippen LogP contribution in [-0.4, -0.2) is 29.7 Å². The number of benzene rings is 1. The van der Waals surface area contributed by atoms with Crippen molar-refractivity contribution in [2.24, 2.45) is 0 Å². The van der Waals surface area contributed by atoms with Gasteiger partial charge in [-0.3, -0.25) is 0 Å². The molecule has 0 aliphatic carbocycles. The first-order valence-electron chi connectivity index (χ1n) is 5.87. The van der Waals surface area contributed by atoms with E-state index in [0.717, 1.165) is 35.1 Å². The number of rotatable bonds is 2. The summed E-state index contributed by atoms with van der Waals surface area (Å²) in [6.07, 6.45) is 0.710. The van der Waals surface area contributed by atoms with Crippen molar-refractivity contribution in [1.82, 2.24) is 10.3 Å². The zero-order valence-electron chi connectivity index (χ0n) is 10.0. The van der Waals surface area contributed by atoms with Crippen molar-refractivity contribution in [3.63, 3.8) is 0 Å². The number of ether oxygens (including phenoxy) is 1. The summed E-state index contributed by atoms with van der Waals surface area (Å²) in [5.74, 6) is -0.236. The fourth-order valence-electron chi connectivity index (χ4n) is 2.61. The summed E-state index contributed by atoms with van der Waals surface area (Å²) in [4.78, 5) is 14.3. The van der Waals surface area contributed by atoms with Gasteiger partial charge in [-0.25, -0.2) is 4.79 Å². The highest BCUT2D eigenvalue weighted by atomic mass is 16.5. The first-order valence-corrected chi connectivity index (χ1v) is 5.87. The molecule has 2 heterocycles. The van der Waals surface area contributed by atoms with E-state index in [2.05, 4.69) is 10.3 Å². The third kappa shape index (κ3) is 1.48. The molecule has 1 aromatic heterocycles. The largest absolute Gasteiger partial charge is 0.495 e. The van der Waals surface area contributed by atoms with Gasteiger partial charge < -0.3 is 20.1 Å². The Morgan fingerprint density at radius 2 is 2.28 bits per heavy atom. The van der Waals surface area contributed by atoms with Crippen molar-refractivity contribution in [1.29, 1.82) is 0 Å². The van der Waals surface area contributed by atoms with Crippen molar-refractivity contribution in [2.75, 3.05) is 13.7 Å². The van der Waals surface area contributed by atoms with Crippen LogP contribution in [0, 0.1) is 0 Å². The van der Waals surface area contributed by atoms with Gasteiger partial charge in [0.15, 0.2) is 0 Å². The van der Waals surface area contributed by atoms with Gasteiger partial charge in [0, 0.05) is 11.9 Å². The summed E-state index contributed by atoms with van der Waals surface area (Å²) in [5, 5.41) is 13.6. The van der Waals surface area contributed by atoms with Gasteiger partial charge in [-0.1, -0.05) is 6.07 Å². The monoisotopic (exact) mass is 246 g/mol. The van der Waals surface area contributed by atoms with Gasteiger partial charge in [0.1, 0.15) is 11.4 Å². The summed E-state index contributed by atoms with van der Waals surface area (Å²) in [7, 11) is 1.59. The van der Waals surface area contributed by atoms with Gasteiger partial charge >= 0.3 is 5.97 Å². The number of H-pyrrole nitrogens is 1. The Bertz CT molecular complexity index is 631. The molecule has 0 radical (unpaired) electrons. The molecular formula is C13H14N2O3. The molecule has 5 nitrogen and oxygen atoms in total. The van der Waals surface area contributed by atoms with Gasteiger partial charge in [0.05, 0.1) is 12.6 Å². The van der Waals surface area contributed by atoms with E-state index < -0.39 is 5.97 Å². The summed E-state index contributed by atoms with van der Waals surface area (Å²) < 4.78 is 5.30. The molecule has 18 heavy (non-hydrogen) atoms. The SMILES string of the molecule is COc1ccc2c3c(c(C(=O)O)[nH]c13)CCNC2. The molecule has 3 N–H and O–H groups in total. The molecule has 0 amide bonds. The van der Waals surface area contributed by atoms with E-state index >= 15 is 0 Å². The van der Waals surface area contributed by atoms with Crippen LogP contribution in [0.4, 0.5) is 0 Å². The topological polar surface area (TPSA) is 74.3 Å². The summed E-state index contributed by atoms with van der Waals surface area (Å²) >= 11 is 0. The lowest BCUT2D eigenvalue weighted by atomic mass is 10.0. The minimum absolute atomic E-state index is 0.277. The van der Waals surface area contributed by atoms with Crippen LogP contribution in [0.2, 0.25) is 0 Å². The summed E-state index contributed by atoms with van der Waals surface area (Å²) in [6, 6.07) is 3.86. The van der Waals surface area contributed by atoms with Crippen LogP contribution in [0.25, 0.3) is 10.9 Å². The Morgan fingerprint density at radius 3 is 3.00 bits per heavy atom. The number of nitrogens with one attached hydrogen (secondary N) is 2. The van der Waals surface area contributed by atoms with Gasteiger partial charge in [-0.05, 0) is 30.2 Å². The molecular weight excluding hydrogens is 232 g/mol. The van der Waals surface area contributed by atoms with E-state index in [1.807, 2.05) is 12.1 Å². The average molecular weight is 246 g/mol. The van der Waals surface area contributed by atoms with Gasteiger partial charge in [-0.15, -0.1) is 0 Å². The molecule has 0 bridgehead atoms. The average Bonchev–Trinajstić information content (AvgIpc) is 2.61. The molecule has 1 aliphatic rings. The standard InChI is InChI=1S/C13H14N2O3/c1-18-9-3-2-7-6-14-5-4-8-10(7)12(9)15-11(8)13(16)17/h2-3,14-15H,4-6H2,1H3,(H,16,17). The number of hydrogen-bond acceptors (Lipinski definition) is 3. The lowest BCUT2D eigenvalue weighted by Gasteiger charge is -2.06. The van der Waals surface area contributed by atoms with E-state index in [1.165, 1.54) is 0 Å². The molecule has 0 unspecified atom stereocenters. The van der Waals surface area contributed by atoms with Crippen LogP contribution in [0.3, 0.4) is 0 Å². The Kier molecular flexibility index (Phi) is 2.48. The fourth-order valence-corrected chi connectivity index (χ4v) is 2.61. The maximum atomic E-state index is 11.3. The number of hydrogen-bond donors (Lipinski definition) is 3. The van der Waals surface area contributed by atoms with Crippen LogP contribution >= 0.6 is 0 Å². The van der Waals surface area contributed by atoms with E-state index in [9.17, 15) is 9.90 Å². The molecule has 0 fully saturated rings. The normalized spacial score (nSPS) is 14.5. The maximum absolute atomic E-state index is 11.3. The Balaban J connectivity index is 2.40. The molecule has 1 aliphatic heterocycles. The van der Waals surface area contributed by atoms with Crippen molar-refractivity contribution < 1.29 is 14.6 Å². The van der Waals surface area contributed by atoms with Crippen LogP contribution in [0.5, 0.6) is 5.75 Å². The minimum atomic E-state index is -0.920. The number of aromatic nitrogens is 1. The maximum Gasteiger partial charge on any atom is 0.352 e. The van der Waals surface area contributed by atoms with Crippen LogP contribution in [0.1, 0.15) is 21.6 Å². The molecule has 0 saturated heterocycles. The van der Waals surface area contributed by atoms with Crippen molar-refractivity contribution in [3.8, 4) is 5.75 Å². The van der Waals surface area contributed by atoms with Crippen molar-refractivity contribution in [2.45, 2.75) is 13.0 Å². The third-order valence-electron chi connectivity index (χ3n) is 3.41. The molecule has 2 aromatic rings. The molecule has 0 saturated carbocycles. The second-order valence-electron chi connectivity index (χ2n) is 4.39. The zero-order valence-corrected chi connectivity index (χ0v) is 10.0. The Morgan fingerprint density at radius 1 is 1.44 bits per heavy atom. The Hall–Kier alpha value is -2.01. The quantitative estimate of drug-likeness (QED) is 0.751. The predicted octanol–water partition coefficient (Wildman–Crippen LogP) is 1.52. The van der Waals surface area contributed by atoms with Crippen molar-refractivity contribution >= 4 is 16.9 Å². The van der Waals surface area contributed by atoms with E-state index in [1.54, 1.807) is 7.11 Å². The van der Waals surface area contributed by atoms with E-state index in [4.69, 9.17) is 4.74 Å². The Labute approximate surface area is 104 Å². The van der Waals surface area contributed by atoms with Crippen molar-refractivity contribution in [3.05, 3.63) is 29.0 Å². The number of carboxylic acids is 1. The number of aromatic amines is 1. The zero-order chi connectivity index (χ0) is 12.7. The van der Waals surface area contributed by atoms with Crippen LogP contribution in [0.15, 0.2) is 12.1 Å². The second kappa shape index (κ2) is 4.03. The fraction of sp³-hybridized carbons (Fsp3) is 0.308. The smallest absolute Gasteiger partial charge is 0.352 e. The van der Waals surface area contributed by atoms with E-state index in [-0.39, 0.29) is 5.69 Å². The predicted molar refractivity (Wildman–Crippen MR) is 67.2 cm³/mol. The first kappa shape index (κ1) is 11.1. The highest BCUT2D eigenvalue weighted by Crippen LogP contribution is 2.34. The van der Waals surface area contributed by atoms with Gasteiger partial charge in [0.2, 0.25) is 0 Å². The first-order chi connectivity index (χ1) is 8.72. The highest BCUT2D eigenvalue weighted by Gasteiger charge is 2.22. The van der Waals surface area contributed by atoms with Crippen LogP contribution in [-0.2, 0) is 13.0 Å². The minimum Gasteiger partial charge on any atom is -0.495 e. The molecule has 1 aromatic carbocycles. The van der Waals surface area contributed by atoms with Crippen LogP contribution < -0.4 is 10.1 Å². The van der Waals surface area contributed by atoms with Gasteiger partial charge in [0.25, 0.3) is 0 Å². The summed E-state index contributed by atoms with van der Waals surface area (Å²) in [5.41, 5.74) is 3.05. The number of carbonyl (C=O) groups is 1. The van der Waals surface area contributed by atoms with Gasteiger partial charge in [-0.2, -0.15) is 0 Å². The lowest BCUT2D eigenvalue weighted by Crippen LogP contribution is -2.14. The third-order valence-corrected chi connectivity index (χ3v) is 3.41. The second-order valence-corrected chi connectivity index (χ2v) is 4.39. The number of methoxy groups -OCH3 is 1. The number of aromatic carboxylic acids is 1. The lowest BCUT2D eigenvalue weighted by molar-refractivity contribution is 0.0690. The molecule has 3 rings (SSSR count). The molecule has 0 spiro atoms. The highest BCUT2D eigenvalue weighted by molar-refractivity contribution is 6.01. The van der Waals surface area contributed by atoms with E-state index in [0.29, 0.717) is 12.2 Å². The molecule has 0 atom stereocenters. The number of carboxylic acid groups (broad SMARTS) is 1. The molecule has 94 valence electrons.